The molecule has 0 unspecified atom stereocenters. The number of amides is 1. The molecule has 1 amide bonds. The summed E-state index contributed by atoms with van der Waals surface area (Å²) in [6.45, 7) is 0. The van der Waals surface area contributed by atoms with Crippen LogP contribution in [-0.2, 0) is 0 Å². The molecule has 3 aromatic carbocycles. The highest BCUT2D eigenvalue weighted by Gasteiger charge is 2.16. The van der Waals surface area contributed by atoms with Crippen LogP contribution in [0.5, 0.6) is 0 Å². The third-order valence-corrected chi connectivity index (χ3v) is 3.71. The molecule has 7 heteroatoms. The summed E-state index contributed by atoms with van der Waals surface area (Å²) < 4.78 is 0. The number of para-hydroxylation sites is 1. The summed E-state index contributed by atoms with van der Waals surface area (Å²) in [4.78, 5) is 21.9. The predicted molar refractivity (Wildman–Crippen MR) is 101 cm³/mol. The first-order chi connectivity index (χ1) is 12.5. The zero-order valence-corrected chi connectivity index (χ0v) is 13.7. The zero-order chi connectivity index (χ0) is 18.5. The normalized spacial score (nSPS) is 10.2. The Bertz CT molecular complexity index is 941. The molecule has 0 atom stereocenters. The molecule has 0 aliphatic rings. The van der Waals surface area contributed by atoms with Crippen LogP contribution in [-0.4, -0.2) is 10.8 Å². The number of primary amides is 1. The van der Waals surface area contributed by atoms with Crippen molar-refractivity contribution in [3.63, 3.8) is 0 Å². The van der Waals surface area contributed by atoms with Crippen LogP contribution in [0.25, 0.3) is 0 Å². The van der Waals surface area contributed by atoms with Crippen molar-refractivity contribution in [3.8, 4) is 0 Å². The molecule has 26 heavy (non-hydrogen) atoms. The number of hydrogen-bond acceptors (Lipinski definition) is 5. The molecule has 0 saturated heterocycles. The summed E-state index contributed by atoms with van der Waals surface area (Å²) in [6, 6.07) is 21.1. The van der Waals surface area contributed by atoms with E-state index in [0.717, 1.165) is 17.4 Å². The summed E-state index contributed by atoms with van der Waals surface area (Å²) in [5.74, 6) is -0.712. The number of hydrogen-bond donors (Lipinski definition) is 3. The van der Waals surface area contributed by atoms with Crippen molar-refractivity contribution in [2.75, 3.05) is 10.6 Å². The average molecular weight is 348 g/mol. The topological polar surface area (TPSA) is 110 Å². The Morgan fingerprint density at radius 3 is 2.00 bits per heavy atom. The summed E-state index contributed by atoms with van der Waals surface area (Å²) in [6.07, 6.45) is 0. The maximum Gasteiger partial charge on any atom is 0.293 e. The van der Waals surface area contributed by atoms with Crippen molar-refractivity contribution in [3.05, 3.63) is 88.5 Å². The van der Waals surface area contributed by atoms with Crippen LogP contribution in [0.15, 0.2) is 72.8 Å². The Morgan fingerprint density at radius 2 is 1.42 bits per heavy atom. The van der Waals surface area contributed by atoms with Crippen molar-refractivity contribution in [1.82, 2.24) is 0 Å². The van der Waals surface area contributed by atoms with Crippen molar-refractivity contribution in [2.24, 2.45) is 5.73 Å². The van der Waals surface area contributed by atoms with Crippen LogP contribution in [0, 0.1) is 10.1 Å². The van der Waals surface area contributed by atoms with Gasteiger partial charge in [-0.2, -0.15) is 0 Å². The number of nitrogens with zero attached hydrogens (tertiary/aromatic N) is 1. The van der Waals surface area contributed by atoms with Gasteiger partial charge in [-0.15, -0.1) is 0 Å². The van der Waals surface area contributed by atoms with Gasteiger partial charge in [-0.05, 0) is 48.5 Å². The number of anilines is 4. The number of nitro groups is 1. The van der Waals surface area contributed by atoms with Gasteiger partial charge in [0.05, 0.1) is 4.92 Å². The summed E-state index contributed by atoms with van der Waals surface area (Å²) in [5, 5.41) is 17.5. The second kappa shape index (κ2) is 7.35. The third-order valence-electron chi connectivity index (χ3n) is 3.71. The highest BCUT2D eigenvalue weighted by Crippen LogP contribution is 2.29. The smallest absolute Gasteiger partial charge is 0.293 e. The van der Waals surface area contributed by atoms with Gasteiger partial charge < -0.3 is 16.4 Å². The van der Waals surface area contributed by atoms with Gasteiger partial charge in [0.1, 0.15) is 5.69 Å². The molecule has 0 radical (unpaired) electrons. The standard InChI is InChI=1S/C19H16N4O3/c20-19(24)13-6-11-17(18(12-13)23(25)26)22-16-9-7-15(8-10-16)21-14-4-2-1-3-5-14/h1-12,21-22H,(H2,20,24). The van der Waals surface area contributed by atoms with Gasteiger partial charge in [-0.25, -0.2) is 0 Å². The Balaban J connectivity index is 1.79. The Labute approximate surface area is 149 Å². The van der Waals surface area contributed by atoms with E-state index in [1.807, 2.05) is 42.5 Å². The van der Waals surface area contributed by atoms with E-state index in [2.05, 4.69) is 10.6 Å². The summed E-state index contributed by atoms with van der Waals surface area (Å²) >= 11 is 0. The van der Waals surface area contributed by atoms with Gasteiger partial charge in [-0.1, -0.05) is 18.2 Å². The maximum atomic E-state index is 11.2. The Kier molecular flexibility index (Phi) is 4.80. The lowest BCUT2D eigenvalue weighted by Gasteiger charge is -2.10. The van der Waals surface area contributed by atoms with E-state index >= 15 is 0 Å². The molecule has 130 valence electrons. The van der Waals surface area contributed by atoms with E-state index < -0.39 is 10.8 Å². The Morgan fingerprint density at radius 1 is 0.846 bits per heavy atom. The van der Waals surface area contributed by atoms with Crippen molar-refractivity contribution in [1.29, 1.82) is 0 Å². The number of nitrogens with one attached hydrogen (secondary N) is 2. The molecule has 3 aromatic rings. The summed E-state index contributed by atoms with van der Waals surface area (Å²) in [7, 11) is 0. The van der Waals surface area contributed by atoms with Crippen molar-refractivity contribution < 1.29 is 9.72 Å². The van der Waals surface area contributed by atoms with Gasteiger partial charge >= 0.3 is 0 Å². The quantitative estimate of drug-likeness (QED) is 0.457. The van der Waals surface area contributed by atoms with Crippen LogP contribution < -0.4 is 16.4 Å². The largest absolute Gasteiger partial charge is 0.366 e. The molecule has 0 spiro atoms. The predicted octanol–water partition coefficient (Wildman–Crippen LogP) is 4.18. The minimum absolute atomic E-state index is 0.0876. The van der Waals surface area contributed by atoms with Crippen molar-refractivity contribution >= 4 is 34.3 Å². The molecule has 4 N–H and O–H groups in total. The Hall–Kier alpha value is -3.87. The minimum Gasteiger partial charge on any atom is -0.366 e. The lowest BCUT2D eigenvalue weighted by molar-refractivity contribution is -0.383. The van der Waals surface area contributed by atoms with Crippen LogP contribution in [0.4, 0.5) is 28.4 Å². The fourth-order valence-corrected chi connectivity index (χ4v) is 2.42. The fraction of sp³-hybridized carbons (Fsp3) is 0. The van der Waals surface area contributed by atoms with E-state index in [4.69, 9.17) is 5.73 Å². The van der Waals surface area contributed by atoms with E-state index in [1.54, 1.807) is 12.1 Å². The van der Waals surface area contributed by atoms with E-state index in [-0.39, 0.29) is 16.9 Å². The van der Waals surface area contributed by atoms with Crippen LogP contribution in [0.1, 0.15) is 10.4 Å². The van der Waals surface area contributed by atoms with Crippen LogP contribution in [0.2, 0.25) is 0 Å². The second-order valence-electron chi connectivity index (χ2n) is 5.55. The van der Waals surface area contributed by atoms with Gasteiger partial charge in [0.25, 0.3) is 5.69 Å². The van der Waals surface area contributed by atoms with Gasteiger partial charge in [0, 0.05) is 28.7 Å². The lowest BCUT2D eigenvalue weighted by Crippen LogP contribution is -2.11. The number of rotatable bonds is 6. The fourth-order valence-electron chi connectivity index (χ4n) is 2.42. The lowest BCUT2D eigenvalue weighted by atomic mass is 10.1. The van der Waals surface area contributed by atoms with Gasteiger partial charge in [0.2, 0.25) is 5.91 Å². The molecular formula is C19H16N4O3. The number of nitrogens with two attached hydrogens (primary N) is 1. The molecular weight excluding hydrogens is 332 g/mol. The molecule has 0 aliphatic carbocycles. The molecule has 0 aromatic heterocycles. The number of carbonyl (C=O) groups excluding carboxylic acids is 1. The van der Waals surface area contributed by atoms with E-state index in [0.29, 0.717) is 5.69 Å². The van der Waals surface area contributed by atoms with E-state index in [1.165, 1.54) is 12.1 Å². The van der Waals surface area contributed by atoms with Crippen LogP contribution in [0.3, 0.4) is 0 Å². The van der Waals surface area contributed by atoms with Gasteiger partial charge in [0.15, 0.2) is 0 Å². The average Bonchev–Trinajstić information content (AvgIpc) is 2.64. The molecule has 0 fully saturated rings. The number of carbonyl (C=O) groups is 1. The first-order valence-corrected chi connectivity index (χ1v) is 7.80. The molecule has 0 saturated carbocycles. The van der Waals surface area contributed by atoms with Gasteiger partial charge in [-0.3, -0.25) is 14.9 Å². The first kappa shape index (κ1) is 17.0. The highest BCUT2D eigenvalue weighted by atomic mass is 16.6. The minimum atomic E-state index is -0.712. The first-order valence-electron chi connectivity index (χ1n) is 7.80. The third kappa shape index (κ3) is 3.96. The second-order valence-corrected chi connectivity index (χ2v) is 5.55. The maximum absolute atomic E-state index is 11.2. The SMILES string of the molecule is NC(=O)c1ccc(Nc2ccc(Nc3ccccc3)cc2)c([N+](=O)[O-])c1. The molecule has 0 aliphatic heterocycles. The number of nitro benzene ring substituents is 1. The highest BCUT2D eigenvalue weighted by molar-refractivity contribution is 5.94. The monoisotopic (exact) mass is 348 g/mol. The number of benzene rings is 3. The van der Waals surface area contributed by atoms with E-state index in [9.17, 15) is 14.9 Å². The molecule has 0 heterocycles. The van der Waals surface area contributed by atoms with Crippen LogP contribution >= 0.6 is 0 Å². The molecule has 7 nitrogen and oxygen atoms in total. The summed E-state index contributed by atoms with van der Waals surface area (Å²) in [5.41, 5.74) is 7.86. The molecule has 0 bridgehead atoms. The zero-order valence-electron chi connectivity index (χ0n) is 13.7. The van der Waals surface area contributed by atoms with Crippen molar-refractivity contribution in [2.45, 2.75) is 0 Å². The molecule has 3 rings (SSSR count).